The highest BCUT2D eigenvalue weighted by Gasteiger charge is 2.61. The zero-order valence-corrected chi connectivity index (χ0v) is 32.6. The smallest absolute Gasteiger partial charge is 0.410 e. The Morgan fingerprint density at radius 1 is 1.00 bits per heavy atom. The largest absolute Gasteiger partial charge is 0.444 e. The molecule has 0 radical (unpaired) electrons. The van der Waals surface area contributed by atoms with Crippen LogP contribution in [0.1, 0.15) is 88.4 Å². The van der Waals surface area contributed by atoms with E-state index in [4.69, 9.17) is 9.47 Å². The average Bonchev–Trinajstić information content (AvgIpc) is 3.45. The standard InChI is InChI=1S/C41H50F2N6O8/c1-40(2,3)57-38(54)45-31-14-9-7-5-6-8-12-26-20-41(26,37(53)46-33(35(51)44-4)24-15-17-27(42)18-16-24)47-34(50)32-19-28(22-49(32)36(31)52)56-39(55)48-21-25-11-10-13-30(43)29(25)23-48/h8,10-13,15-18,26,28,31-33H,5-7,9,14,19-23H2,1-4H3,(H,44,51)(H,45,54)(H,46,53)(H,47,50)/t26-,28-,31+,32+,33-,41-/m1/s1. The minimum atomic E-state index is -1.51. The lowest BCUT2D eigenvalue weighted by Gasteiger charge is -2.30. The van der Waals surface area contributed by atoms with Gasteiger partial charge in [0.25, 0.3) is 0 Å². The first-order valence-electron chi connectivity index (χ1n) is 19.4. The third-order valence-corrected chi connectivity index (χ3v) is 10.8. The van der Waals surface area contributed by atoms with Crippen molar-refractivity contribution < 1.29 is 47.0 Å². The quantitative estimate of drug-likeness (QED) is 0.314. The highest BCUT2D eigenvalue weighted by Crippen LogP contribution is 2.46. The first kappa shape index (κ1) is 41.1. The maximum atomic E-state index is 14.5. The normalized spacial score (nSPS) is 25.4. The van der Waals surface area contributed by atoms with Crippen LogP contribution in [0.4, 0.5) is 18.4 Å². The van der Waals surface area contributed by atoms with E-state index >= 15 is 0 Å². The van der Waals surface area contributed by atoms with Gasteiger partial charge in [0.2, 0.25) is 23.6 Å². The molecule has 0 unspecified atom stereocenters. The van der Waals surface area contributed by atoms with Crippen molar-refractivity contribution in [1.82, 2.24) is 31.1 Å². The van der Waals surface area contributed by atoms with Crippen LogP contribution in [0, 0.1) is 17.6 Å². The molecule has 3 heterocycles. The average molecular weight is 793 g/mol. The number of halogens is 2. The molecule has 0 spiro atoms. The number of allylic oxidation sites excluding steroid dienone is 1. The predicted octanol–water partition coefficient (Wildman–Crippen LogP) is 4.28. The molecule has 2 fully saturated rings. The molecule has 306 valence electrons. The van der Waals surface area contributed by atoms with E-state index in [1.165, 1.54) is 47.2 Å². The number of carbonyl (C=O) groups excluding carboxylic acids is 6. The number of hydrogen-bond acceptors (Lipinski definition) is 8. The summed E-state index contributed by atoms with van der Waals surface area (Å²) in [6.07, 6.45) is 4.25. The van der Waals surface area contributed by atoms with Crippen LogP contribution in [-0.4, -0.2) is 88.5 Å². The van der Waals surface area contributed by atoms with E-state index in [2.05, 4.69) is 21.3 Å². The maximum absolute atomic E-state index is 14.5. The van der Waals surface area contributed by atoms with Gasteiger partial charge in [-0.25, -0.2) is 18.4 Å². The van der Waals surface area contributed by atoms with E-state index in [1.54, 1.807) is 32.9 Å². The van der Waals surface area contributed by atoms with E-state index in [-0.39, 0.29) is 38.9 Å². The van der Waals surface area contributed by atoms with Crippen molar-refractivity contribution in [3.05, 3.63) is 82.9 Å². The lowest BCUT2D eigenvalue weighted by Crippen LogP contribution is -2.58. The topological polar surface area (TPSA) is 175 Å². The molecule has 3 aliphatic heterocycles. The molecule has 4 aliphatic rings. The summed E-state index contributed by atoms with van der Waals surface area (Å²) in [5, 5.41) is 10.8. The van der Waals surface area contributed by atoms with E-state index < -0.39 is 88.7 Å². The molecule has 6 rings (SSSR count). The monoisotopic (exact) mass is 792 g/mol. The highest BCUT2D eigenvalue weighted by molar-refractivity contribution is 6.00. The second-order valence-electron chi connectivity index (χ2n) is 16.1. The van der Waals surface area contributed by atoms with Crippen LogP contribution in [0.15, 0.2) is 54.6 Å². The van der Waals surface area contributed by atoms with E-state index in [0.717, 1.165) is 6.42 Å². The van der Waals surface area contributed by atoms with Gasteiger partial charge in [-0.05, 0) is 75.8 Å². The number of rotatable bonds is 6. The summed E-state index contributed by atoms with van der Waals surface area (Å²) in [4.78, 5) is 85.2. The van der Waals surface area contributed by atoms with Crippen molar-refractivity contribution >= 4 is 35.8 Å². The number of likely N-dealkylation sites (N-methyl/N-ethyl adjacent to an activating group) is 1. The second kappa shape index (κ2) is 16.9. The van der Waals surface area contributed by atoms with Gasteiger partial charge in [-0.2, -0.15) is 0 Å². The number of alkyl carbamates (subject to hydrolysis) is 1. The summed E-state index contributed by atoms with van der Waals surface area (Å²) in [6.45, 7) is 4.99. The maximum Gasteiger partial charge on any atom is 0.410 e. The number of benzene rings is 2. The Morgan fingerprint density at radius 3 is 2.46 bits per heavy atom. The fourth-order valence-corrected chi connectivity index (χ4v) is 7.70. The number of nitrogens with one attached hydrogen (secondary N) is 4. The Hall–Kier alpha value is -5.54. The number of fused-ring (bicyclic) bond motifs is 3. The van der Waals surface area contributed by atoms with Crippen LogP contribution in [0.25, 0.3) is 0 Å². The van der Waals surface area contributed by atoms with Crippen molar-refractivity contribution in [1.29, 1.82) is 0 Å². The van der Waals surface area contributed by atoms with Crippen molar-refractivity contribution in [3.63, 3.8) is 0 Å². The van der Waals surface area contributed by atoms with Crippen molar-refractivity contribution in [2.45, 2.75) is 114 Å². The Kier molecular flexibility index (Phi) is 12.2. The number of nitrogens with zero attached hydrogens (tertiary/aromatic N) is 2. The minimum absolute atomic E-state index is 0.0104. The first-order valence-corrected chi connectivity index (χ1v) is 19.4. The fourth-order valence-electron chi connectivity index (χ4n) is 7.70. The Balaban J connectivity index is 1.27. The van der Waals surface area contributed by atoms with E-state index in [0.29, 0.717) is 36.0 Å². The summed E-state index contributed by atoms with van der Waals surface area (Å²) >= 11 is 0. The van der Waals surface area contributed by atoms with Gasteiger partial charge in [0.15, 0.2) is 0 Å². The second-order valence-corrected chi connectivity index (χ2v) is 16.1. The van der Waals surface area contributed by atoms with Crippen LogP contribution >= 0.6 is 0 Å². The van der Waals surface area contributed by atoms with Crippen LogP contribution < -0.4 is 21.3 Å². The third-order valence-electron chi connectivity index (χ3n) is 10.8. The Labute approximate surface area is 330 Å². The zero-order valence-electron chi connectivity index (χ0n) is 32.6. The van der Waals surface area contributed by atoms with Gasteiger partial charge >= 0.3 is 12.2 Å². The van der Waals surface area contributed by atoms with Gasteiger partial charge in [0, 0.05) is 31.5 Å². The van der Waals surface area contributed by atoms with Crippen molar-refractivity contribution in [2.24, 2.45) is 5.92 Å². The molecule has 2 aromatic carbocycles. The van der Waals surface area contributed by atoms with Crippen LogP contribution in [-0.2, 0) is 41.7 Å². The van der Waals surface area contributed by atoms with Crippen LogP contribution in [0.3, 0.4) is 0 Å². The molecular weight excluding hydrogens is 742 g/mol. The molecule has 1 aliphatic carbocycles. The van der Waals surface area contributed by atoms with Crippen LogP contribution in [0.2, 0.25) is 0 Å². The zero-order chi connectivity index (χ0) is 41.1. The van der Waals surface area contributed by atoms with Gasteiger partial charge in [-0.15, -0.1) is 0 Å². The number of amides is 6. The Morgan fingerprint density at radius 2 is 1.75 bits per heavy atom. The van der Waals surface area contributed by atoms with Gasteiger partial charge in [0.1, 0.15) is 47.0 Å². The molecule has 57 heavy (non-hydrogen) atoms. The van der Waals surface area contributed by atoms with Gasteiger partial charge < -0.3 is 35.6 Å². The summed E-state index contributed by atoms with van der Waals surface area (Å²) in [7, 11) is 1.40. The molecule has 14 nitrogen and oxygen atoms in total. The van der Waals surface area contributed by atoms with Crippen molar-refractivity contribution in [3.8, 4) is 0 Å². The van der Waals surface area contributed by atoms with E-state index in [1.807, 2.05) is 12.2 Å². The molecular formula is C41H50F2N6O8. The third kappa shape index (κ3) is 9.54. The van der Waals surface area contributed by atoms with Gasteiger partial charge in [-0.1, -0.05) is 49.3 Å². The Bertz CT molecular complexity index is 1920. The highest BCUT2D eigenvalue weighted by atomic mass is 19.1. The summed E-state index contributed by atoms with van der Waals surface area (Å²) in [5.74, 6) is -3.93. The molecule has 1 saturated heterocycles. The van der Waals surface area contributed by atoms with Crippen LogP contribution in [0.5, 0.6) is 0 Å². The lowest BCUT2D eigenvalue weighted by molar-refractivity contribution is -0.141. The molecule has 0 aromatic heterocycles. The predicted molar refractivity (Wildman–Crippen MR) is 202 cm³/mol. The molecule has 6 amide bonds. The fraction of sp³-hybridized carbons (Fsp3) is 0.512. The summed E-state index contributed by atoms with van der Waals surface area (Å²) < 4.78 is 39.6. The molecule has 1 saturated carbocycles. The number of hydrogen-bond donors (Lipinski definition) is 4. The summed E-state index contributed by atoms with van der Waals surface area (Å²) in [6, 6.07) is 6.17. The summed E-state index contributed by atoms with van der Waals surface area (Å²) in [5.41, 5.74) is -1.01. The lowest BCUT2D eigenvalue weighted by atomic mass is 10.0. The molecule has 2 aromatic rings. The van der Waals surface area contributed by atoms with Gasteiger partial charge in [0.05, 0.1) is 13.1 Å². The SMILES string of the molecule is CNC(=O)[C@H](NC(=O)[C@@]12C[C@H]1C=CCCCCC[C@H](NC(=O)OC(C)(C)C)C(=O)N1C[C@H](OC(=O)N3Cc4cccc(F)c4C3)C[C@H]1C(=O)N2)c1ccc(F)cc1. The molecule has 6 atom stereocenters. The van der Waals surface area contributed by atoms with E-state index in [9.17, 15) is 37.5 Å². The number of carbonyl (C=O) groups is 6. The minimum Gasteiger partial charge on any atom is -0.444 e. The number of ether oxygens (including phenoxy) is 2. The molecule has 16 heteroatoms. The first-order chi connectivity index (χ1) is 27.1. The van der Waals surface area contributed by atoms with Gasteiger partial charge in [-0.3, -0.25) is 24.1 Å². The molecule has 0 bridgehead atoms. The van der Waals surface area contributed by atoms with Crippen molar-refractivity contribution in [2.75, 3.05) is 13.6 Å². The molecule has 4 N–H and O–H groups in total.